The summed E-state index contributed by atoms with van der Waals surface area (Å²) in [4.78, 5) is 15.5. The van der Waals surface area contributed by atoms with E-state index in [0.717, 1.165) is 35.1 Å². The Labute approximate surface area is 144 Å². The van der Waals surface area contributed by atoms with Gasteiger partial charge in [-0.15, -0.1) is 0 Å². The number of aromatic nitrogens is 2. The zero-order valence-corrected chi connectivity index (χ0v) is 13.5. The van der Waals surface area contributed by atoms with Gasteiger partial charge in [0.2, 0.25) is 0 Å². The summed E-state index contributed by atoms with van der Waals surface area (Å²) in [6, 6.07) is 10.5. The van der Waals surface area contributed by atoms with Crippen LogP contribution in [0.1, 0.15) is 34.9 Å². The van der Waals surface area contributed by atoms with Crippen LogP contribution in [-0.2, 0) is 4.74 Å². The maximum absolute atomic E-state index is 11.0. The molecule has 128 valence electrons. The molecular formula is C19H18N2O4. The third-order valence-electron chi connectivity index (χ3n) is 4.60. The van der Waals surface area contributed by atoms with Crippen LogP contribution in [0.25, 0.3) is 16.7 Å². The molecule has 2 atom stereocenters. The number of fused-ring (bicyclic) bond motifs is 1. The van der Waals surface area contributed by atoms with Gasteiger partial charge in [0.15, 0.2) is 0 Å². The number of pyridine rings is 1. The average Bonchev–Trinajstić information content (AvgIpc) is 3.30. The van der Waals surface area contributed by atoms with Gasteiger partial charge >= 0.3 is 5.97 Å². The van der Waals surface area contributed by atoms with Crippen molar-refractivity contribution >= 4 is 17.0 Å². The van der Waals surface area contributed by atoms with E-state index in [4.69, 9.17) is 9.84 Å². The highest BCUT2D eigenvalue weighted by atomic mass is 16.5. The van der Waals surface area contributed by atoms with E-state index in [2.05, 4.69) is 4.98 Å². The fourth-order valence-electron chi connectivity index (χ4n) is 3.24. The second kappa shape index (κ2) is 6.31. The van der Waals surface area contributed by atoms with Crippen molar-refractivity contribution in [2.24, 2.45) is 0 Å². The number of carboxylic acids is 1. The molecule has 0 spiro atoms. The Hall–Kier alpha value is -2.70. The third-order valence-corrected chi connectivity index (χ3v) is 4.60. The van der Waals surface area contributed by atoms with Crippen LogP contribution in [0.2, 0.25) is 0 Å². The van der Waals surface area contributed by atoms with E-state index >= 15 is 0 Å². The largest absolute Gasteiger partial charge is 0.478 e. The molecule has 4 rings (SSSR count). The van der Waals surface area contributed by atoms with Crippen LogP contribution < -0.4 is 0 Å². The highest BCUT2D eigenvalue weighted by molar-refractivity contribution is 5.88. The summed E-state index contributed by atoms with van der Waals surface area (Å²) < 4.78 is 7.45. The third kappa shape index (κ3) is 2.90. The Balaban J connectivity index is 1.66. The first kappa shape index (κ1) is 15.8. The molecule has 0 amide bonds. The fraction of sp³-hybridized carbons (Fsp3) is 0.263. The monoisotopic (exact) mass is 338 g/mol. The molecule has 6 heteroatoms. The molecule has 0 radical (unpaired) electrons. The Kier molecular flexibility index (Phi) is 3.99. The van der Waals surface area contributed by atoms with E-state index in [1.807, 2.05) is 22.9 Å². The number of hydrogen-bond donors (Lipinski definition) is 2. The minimum Gasteiger partial charge on any atom is -0.478 e. The van der Waals surface area contributed by atoms with Crippen LogP contribution in [0.4, 0.5) is 0 Å². The molecule has 3 aromatic rings. The van der Waals surface area contributed by atoms with Crippen molar-refractivity contribution in [1.29, 1.82) is 0 Å². The maximum Gasteiger partial charge on any atom is 0.335 e. The average molecular weight is 338 g/mol. The predicted molar refractivity (Wildman–Crippen MR) is 92.0 cm³/mol. The molecule has 0 bridgehead atoms. The standard InChI is InChI=1S/C19H18N2O4/c22-17(16-2-1-9-25-16)14-10-13-7-8-21(18(13)20-11-14)15-5-3-12(4-6-15)19(23)24/h3-8,10-11,16-17,22H,1-2,9H2,(H,23,24)/t16-,17+/m0/s1. The van der Waals surface area contributed by atoms with Crippen LogP contribution in [-0.4, -0.2) is 38.4 Å². The number of nitrogens with zero attached hydrogens (tertiary/aromatic N) is 2. The van der Waals surface area contributed by atoms with Crippen LogP contribution in [0.3, 0.4) is 0 Å². The summed E-state index contributed by atoms with van der Waals surface area (Å²) in [5.74, 6) is -0.949. The number of aliphatic hydroxyl groups is 1. The molecule has 1 aliphatic rings. The second-order valence-corrected chi connectivity index (χ2v) is 6.22. The van der Waals surface area contributed by atoms with E-state index in [9.17, 15) is 9.90 Å². The van der Waals surface area contributed by atoms with Crippen molar-refractivity contribution in [1.82, 2.24) is 9.55 Å². The number of carboxylic acid groups (broad SMARTS) is 1. The fourth-order valence-corrected chi connectivity index (χ4v) is 3.24. The van der Waals surface area contributed by atoms with Crippen molar-refractivity contribution in [3.8, 4) is 5.69 Å². The van der Waals surface area contributed by atoms with Crippen molar-refractivity contribution in [3.05, 3.63) is 59.9 Å². The van der Waals surface area contributed by atoms with Gasteiger partial charge < -0.3 is 19.5 Å². The van der Waals surface area contributed by atoms with Gasteiger partial charge in [0, 0.05) is 35.6 Å². The van der Waals surface area contributed by atoms with E-state index in [0.29, 0.717) is 6.61 Å². The van der Waals surface area contributed by atoms with Gasteiger partial charge in [-0.3, -0.25) is 0 Å². The molecule has 3 heterocycles. The lowest BCUT2D eigenvalue weighted by Gasteiger charge is -2.17. The quantitative estimate of drug-likeness (QED) is 0.764. The number of ether oxygens (including phenoxy) is 1. The molecule has 2 aromatic heterocycles. The van der Waals surface area contributed by atoms with Crippen LogP contribution >= 0.6 is 0 Å². The molecule has 1 aliphatic heterocycles. The van der Waals surface area contributed by atoms with E-state index < -0.39 is 12.1 Å². The number of carbonyl (C=O) groups is 1. The Morgan fingerprint density at radius 1 is 1.28 bits per heavy atom. The highest BCUT2D eigenvalue weighted by Gasteiger charge is 2.26. The second-order valence-electron chi connectivity index (χ2n) is 6.22. The predicted octanol–water partition coefficient (Wildman–Crippen LogP) is 2.94. The van der Waals surface area contributed by atoms with E-state index in [-0.39, 0.29) is 11.7 Å². The summed E-state index contributed by atoms with van der Waals surface area (Å²) in [7, 11) is 0. The molecule has 0 unspecified atom stereocenters. The first-order valence-corrected chi connectivity index (χ1v) is 8.24. The van der Waals surface area contributed by atoms with Crippen molar-refractivity contribution < 1.29 is 19.7 Å². The summed E-state index contributed by atoms with van der Waals surface area (Å²) in [6.07, 6.45) is 4.56. The minimum atomic E-state index is -0.949. The SMILES string of the molecule is O=C(O)c1ccc(-n2ccc3cc([C@@H](O)[C@@H]4CCCO4)cnc32)cc1. The molecule has 25 heavy (non-hydrogen) atoms. The zero-order valence-electron chi connectivity index (χ0n) is 13.5. The van der Waals surface area contributed by atoms with Gasteiger partial charge in [0.1, 0.15) is 11.8 Å². The van der Waals surface area contributed by atoms with E-state index in [1.54, 1.807) is 30.5 Å². The molecule has 6 nitrogen and oxygen atoms in total. The summed E-state index contributed by atoms with van der Waals surface area (Å²) >= 11 is 0. The Bertz CT molecular complexity index is 911. The van der Waals surface area contributed by atoms with Gasteiger partial charge in [-0.25, -0.2) is 9.78 Å². The number of benzene rings is 1. The number of hydrogen-bond acceptors (Lipinski definition) is 4. The molecule has 1 aromatic carbocycles. The minimum absolute atomic E-state index is 0.162. The van der Waals surface area contributed by atoms with Crippen LogP contribution in [0.15, 0.2) is 48.8 Å². The molecule has 0 aliphatic carbocycles. The molecule has 1 fully saturated rings. The van der Waals surface area contributed by atoms with Crippen molar-refractivity contribution in [3.63, 3.8) is 0 Å². The van der Waals surface area contributed by atoms with Gasteiger partial charge in [-0.05, 0) is 49.2 Å². The first-order chi connectivity index (χ1) is 12.1. The topological polar surface area (TPSA) is 84.6 Å². The first-order valence-electron chi connectivity index (χ1n) is 8.24. The normalized spacial score (nSPS) is 18.5. The van der Waals surface area contributed by atoms with Crippen molar-refractivity contribution in [2.45, 2.75) is 25.0 Å². The van der Waals surface area contributed by atoms with Crippen LogP contribution in [0, 0.1) is 0 Å². The number of rotatable bonds is 4. The lowest BCUT2D eigenvalue weighted by atomic mass is 10.0. The smallest absolute Gasteiger partial charge is 0.335 e. The maximum atomic E-state index is 11.0. The number of aliphatic hydroxyl groups excluding tert-OH is 1. The van der Waals surface area contributed by atoms with Gasteiger partial charge in [0.25, 0.3) is 0 Å². The number of aromatic carboxylic acids is 1. The summed E-state index contributed by atoms with van der Waals surface area (Å²) in [5.41, 5.74) is 2.58. The summed E-state index contributed by atoms with van der Waals surface area (Å²) in [6.45, 7) is 0.695. The molecule has 1 saturated heterocycles. The Morgan fingerprint density at radius 3 is 2.76 bits per heavy atom. The van der Waals surface area contributed by atoms with E-state index in [1.165, 1.54) is 0 Å². The summed E-state index contributed by atoms with van der Waals surface area (Å²) in [5, 5.41) is 20.4. The van der Waals surface area contributed by atoms with Gasteiger partial charge in [-0.2, -0.15) is 0 Å². The molecule has 2 N–H and O–H groups in total. The molecule has 0 saturated carbocycles. The van der Waals surface area contributed by atoms with Crippen molar-refractivity contribution in [2.75, 3.05) is 6.61 Å². The lowest BCUT2D eigenvalue weighted by Crippen LogP contribution is -2.17. The van der Waals surface area contributed by atoms with Gasteiger partial charge in [-0.1, -0.05) is 0 Å². The Morgan fingerprint density at radius 2 is 2.08 bits per heavy atom. The zero-order chi connectivity index (χ0) is 17.4. The van der Waals surface area contributed by atoms with Gasteiger partial charge in [0.05, 0.1) is 11.7 Å². The molecular weight excluding hydrogens is 320 g/mol. The lowest BCUT2D eigenvalue weighted by molar-refractivity contribution is -0.00267. The van der Waals surface area contributed by atoms with Crippen LogP contribution in [0.5, 0.6) is 0 Å². The highest BCUT2D eigenvalue weighted by Crippen LogP contribution is 2.29.